The number of fused-ring (bicyclic) bond motifs is 5. The lowest BCUT2D eigenvalue weighted by Gasteiger charge is -2.63. The smallest absolute Gasteiger partial charge is 0.331 e. The van der Waals surface area contributed by atoms with Gasteiger partial charge in [-0.05, 0) is 80.6 Å². The van der Waals surface area contributed by atoms with Crippen molar-refractivity contribution in [2.24, 2.45) is 34.5 Å². The number of methoxy groups -OCH3 is 1. The second-order valence-corrected chi connectivity index (χ2v) is 14.3. The molecular formula is C32H48O9. The molecule has 2 heterocycles. The molecule has 5 fully saturated rings. The normalized spacial score (nSPS) is 51.2. The minimum Gasteiger partial charge on any atom is -0.462 e. The highest BCUT2D eigenvalue weighted by molar-refractivity contribution is 5.85. The minimum absolute atomic E-state index is 0.0898. The van der Waals surface area contributed by atoms with E-state index in [0.717, 1.165) is 50.5 Å². The van der Waals surface area contributed by atoms with E-state index in [1.807, 2.05) is 6.92 Å². The number of carbonyl (C=O) groups is 2. The fraction of sp³-hybridized carbons (Fsp3) is 0.875. The summed E-state index contributed by atoms with van der Waals surface area (Å²) in [7, 11) is 1.62. The van der Waals surface area contributed by atoms with Crippen LogP contribution >= 0.6 is 0 Å². The van der Waals surface area contributed by atoms with Crippen LogP contribution in [0.2, 0.25) is 0 Å². The molecule has 0 aromatic heterocycles. The molecule has 0 spiro atoms. The number of aliphatic hydroxyl groups excluding tert-OH is 1. The first-order chi connectivity index (χ1) is 19.4. The standard InChI is InChI=1S/C32H48O9/c1-17-29(35)24(37-5)14-27(39-17)41-21-8-10-30(3)20(13-21)6-7-23-22(30)9-11-31(4)28(19-12-26(34)38-16-19)25(40-18(2)33)15-32(23,31)36/h12,17,20-25,27-29,35-36H,6-11,13-16H2,1-5H3/t17-,20?,21-,22-,23?,24-,25-,27-,28-,29-,30-,31+,32?/m0/s1. The number of rotatable bonds is 5. The van der Waals surface area contributed by atoms with Crippen molar-refractivity contribution in [3.63, 3.8) is 0 Å². The lowest BCUT2D eigenvalue weighted by molar-refractivity contribution is -0.273. The van der Waals surface area contributed by atoms with Crippen LogP contribution in [0.5, 0.6) is 0 Å². The van der Waals surface area contributed by atoms with Crippen molar-refractivity contribution in [3.05, 3.63) is 11.6 Å². The van der Waals surface area contributed by atoms with Gasteiger partial charge < -0.3 is 33.9 Å². The van der Waals surface area contributed by atoms with Crippen molar-refractivity contribution in [2.45, 2.75) is 128 Å². The Morgan fingerprint density at radius 3 is 2.54 bits per heavy atom. The van der Waals surface area contributed by atoms with Gasteiger partial charge in [-0.15, -0.1) is 0 Å². The van der Waals surface area contributed by atoms with Gasteiger partial charge in [0.15, 0.2) is 6.29 Å². The molecule has 2 aliphatic heterocycles. The van der Waals surface area contributed by atoms with Gasteiger partial charge in [-0.2, -0.15) is 0 Å². The molecule has 13 atom stereocenters. The lowest BCUT2D eigenvalue weighted by atomic mass is 9.43. The summed E-state index contributed by atoms with van der Waals surface area (Å²) in [6.07, 6.45) is 7.14. The van der Waals surface area contributed by atoms with Crippen molar-refractivity contribution in [2.75, 3.05) is 13.7 Å². The van der Waals surface area contributed by atoms with Crippen molar-refractivity contribution in [1.82, 2.24) is 0 Å². The van der Waals surface area contributed by atoms with Gasteiger partial charge in [0.2, 0.25) is 0 Å². The van der Waals surface area contributed by atoms with E-state index in [9.17, 15) is 19.8 Å². The third-order valence-corrected chi connectivity index (χ3v) is 12.5. The summed E-state index contributed by atoms with van der Waals surface area (Å²) in [6, 6.07) is 0. The lowest BCUT2D eigenvalue weighted by Crippen LogP contribution is -2.62. The average molecular weight is 577 g/mol. The maximum Gasteiger partial charge on any atom is 0.331 e. The Bertz CT molecular complexity index is 1080. The molecule has 3 unspecified atom stereocenters. The summed E-state index contributed by atoms with van der Waals surface area (Å²) < 4.78 is 29.1. The van der Waals surface area contributed by atoms with E-state index in [1.54, 1.807) is 13.2 Å². The maximum atomic E-state index is 12.7. The molecule has 6 rings (SSSR count). The van der Waals surface area contributed by atoms with Gasteiger partial charge >= 0.3 is 11.9 Å². The molecule has 0 radical (unpaired) electrons. The molecular weight excluding hydrogens is 528 g/mol. The minimum atomic E-state index is -0.990. The van der Waals surface area contributed by atoms with Gasteiger partial charge in [0.1, 0.15) is 18.8 Å². The van der Waals surface area contributed by atoms with E-state index < -0.39 is 23.2 Å². The predicted octanol–water partition coefficient (Wildman–Crippen LogP) is 3.68. The molecule has 9 heteroatoms. The summed E-state index contributed by atoms with van der Waals surface area (Å²) in [5, 5.41) is 23.0. The number of ether oxygens (including phenoxy) is 5. The summed E-state index contributed by atoms with van der Waals surface area (Å²) >= 11 is 0. The van der Waals surface area contributed by atoms with Crippen LogP contribution in [0.15, 0.2) is 11.6 Å². The molecule has 0 amide bonds. The second-order valence-electron chi connectivity index (χ2n) is 14.3. The van der Waals surface area contributed by atoms with Crippen LogP contribution in [0.4, 0.5) is 0 Å². The van der Waals surface area contributed by atoms with Gasteiger partial charge in [0, 0.05) is 44.3 Å². The Balaban J connectivity index is 1.19. The molecule has 0 bridgehead atoms. The molecule has 4 saturated carbocycles. The van der Waals surface area contributed by atoms with Crippen LogP contribution in [0, 0.1) is 34.5 Å². The van der Waals surface area contributed by atoms with E-state index in [0.29, 0.717) is 24.7 Å². The van der Waals surface area contributed by atoms with Crippen molar-refractivity contribution >= 4 is 11.9 Å². The highest BCUT2D eigenvalue weighted by atomic mass is 16.7. The average Bonchev–Trinajstić information content (AvgIpc) is 3.42. The zero-order valence-electron chi connectivity index (χ0n) is 25.2. The molecule has 6 aliphatic rings. The number of esters is 2. The topological polar surface area (TPSA) is 121 Å². The van der Waals surface area contributed by atoms with E-state index >= 15 is 0 Å². The van der Waals surface area contributed by atoms with Crippen LogP contribution in [0.25, 0.3) is 0 Å². The molecule has 1 saturated heterocycles. The van der Waals surface area contributed by atoms with Gasteiger partial charge in [0.05, 0.1) is 23.9 Å². The highest BCUT2D eigenvalue weighted by Crippen LogP contribution is 2.70. The molecule has 230 valence electrons. The molecule has 9 nitrogen and oxygen atoms in total. The molecule has 2 N–H and O–H groups in total. The number of aliphatic hydroxyl groups is 2. The van der Waals surface area contributed by atoms with E-state index in [1.165, 1.54) is 6.92 Å². The Morgan fingerprint density at radius 1 is 1.07 bits per heavy atom. The largest absolute Gasteiger partial charge is 0.462 e. The van der Waals surface area contributed by atoms with Crippen LogP contribution in [0.1, 0.15) is 85.5 Å². The van der Waals surface area contributed by atoms with Gasteiger partial charge in [-0.3, -0.25) is 4.79 Å². The summed E-state index contributed by atoms with van der Waals surface area (Å²) in [5.41, 5.74) is -0.559. The third kappa shape index (κ3) is 4.69. The monoisotopic (exact) mass is 576 g/mol. The van der Waals surface area contributed by atoms with Gasteiger partial charge in [-0.25, -0.2) is 4.79 Å². The van der Waals surface area contributed by atoms with E-state index in [2.05, 4.69) is 13.8 Å². The van der Waals surface area contributed by atoms with Gasteiger partial charge in [0.25, 0.3) is 0 Å². The molecule has 41 heavy (non-hydrogen) atoms. The predicted molar refractivity (Wildman–Crippen MR) is 147 cm³/mol. The fourth-order valence-electron chi connectivity index (χ4n) is 10.4. The number of carbonyl (C=O) groups excluding carboxylic acids is 2. The van der Waals surface area contributed by atoms with Crippen molar-refractivity contribution in [3.8, 4) is 0 Å². The molecule has 4 aliphatic carbocycles. The van der Waals surface area contributed by atoms with Crippen molar-refractivity contribution in [1.29, 1.82) is 0 Å². The van der Waals surface area contributed by atoms with Crippen molar-refractivity contribution < 1.29 is 43.5 Å². The summed E-state index contributed by atoms with van der Waals surface area (Å²) in [5.74, 6) is 0.0175. The van der Waals surface area contributed by atoms with Crippen LogP contribution in [-0.2, 0) is 33.3 Å². The number of hydrogen-bond acceptors (Lipinski definition) is 9. The Labute approximate surface area is 243 Å². The maximum absolute atomic E-state index is 12.7. The highest BCUT2D eigenvalue weighted by Gasteiger charge is 2.71. The second kappa shape index (κ2) is 10.6. The number of hydrogen-bond donors (Lipinski definition) is 2. The van der Waals surface area contributed by atoms with Gasteiger partial charge in [-0.1, -0.05) is 13.8 Å². The first kappa shape index (κ1) is 29.5. The zero-order chi connectivity index (χ0) is 29.3. The fourth-order valence-corrected chi connectivity index (χ4v) is 10.4. The zero-order valence-corrected chi connectivity index (χ0v) is 25.2. The summed E-state index contributed by atoms with van der Waals surface area (Å²) in [6.45, 7) is 8.06. The first-order valence-corrected chi connectivity index (χ1v) is 15.7. The van der Waals surface area contributed by atoms with E-state index in [-0.39, 0.29) is 60.4 Å². The third-order valence-electron chi connectivity index (χ3n) is 12.5. The Morgan fingerprint density at radius 2 is 1.85 bits per heavy atom. The Hall–Kier alpha value is -1.52. The molecule has 0 aromatic rings. The first-order valence-electron chi connectivity index (χ1n) is 15.7. The van der Waals surface area contributed by atoms with E-state index in [4.69, 9.17) is 23.7 Å². The Kier molecular flexibility index (Phi) is 7.62. The molecule has 0 aromatic carbocycles. The van der Waals surface area contributed by atoms with Crippen LogP contribution in [-0.4, -0.2) is 78.3 Å². The van der Waals surface area contributed by atoms with Crippen LogP contribution < -0.4 is 0 Å². The number of cyclic esters (lactones) is 1. The van der Waals surface area contributed by atoms with Crippen LogP contribution in [0.3, 0.4) is 0 Å². The quantitative estimate of drug-likeness (QED) is 0.373. The SMILES string of the molecule is CO[C@H]1C[C@H](O[C@H]2CC[C@@]3(C)C(CCC4[C@@H]3CC[C@]3(C)[C@@H](C5=CC(=O)OC5)[C@@H](OC(C)=O)CC43O)C2)O[C@@H](C)[C@@H]1O. The summed E-state index contributed by atoms with van der Waals surface area (Å²) in [4.78, 5) is 24.2.